The van der Waals surface area contributed by atoms with Crippen LogP contribution in [0.15, 0.2) is 18.3 Å². The second-order valence-electron chi connectivity index (χ2n) is 5.74. The lowest BCUT2D eigenvalue weighted by Crippen LogP contribution is -2.34. The Bertz CT molecular complexity index is 449. The van der Waals surface area contributed by atoms with Gasteiger partial charge in [-0.05, 0) is 44.2 Å². The molecular formula is C17H27N3O. The third kappa shape index (κ3) is 4.19. The number of rotatable bonds is 6. The highest BCUT2D eigenvalue weighted by atomic mass is 16.2. The molecule has 0 spiro atoms. The van der Waals surface area contributed by atoms with E-state index in [-0.39, 0.29) is 5.91 Å². The summed E-state index contributed by atoms with van der Waals surface area (Å²) in [7, 11) is 0. The van der Waals surface area contributed by atoms with Gasteiger partial charge in [0.25, 0.3) is 5.91 Å². The number of aromatic nitrogens is 1. The maximum atomic E-state index is 12.6. The van der Waals surface area contributed by atoms with Gasteiger partial charge in [0.1, 0.15) is 5.69 Å². The molecule has 1 saturated heterocycles. The molecule has 0 bridgehead atoms. The van der Waals surface area contributed by atoms with E-state index in [2.05, 4.69) is 23.7 Å². The van der Waals surface area contributed by atoms with Gasteiger partial charge < -0.3 is 9.80 Å². The molecule has 0 aromatic carbocycles. The van der Waals surface area contributed by atoms with E-state index in [1.165, 1.54) is 19.3 Å². The Kier molecular flexibility index (Phi) is 6.03. The Labute approximate surface area is 128 Å². The molecule has 1 aromatic rings. The Hall–Kier alpha value is -1.58. The van der Waals surface area contributed by atoms with E-state index in [1.54, 1.807) is 6.20 Å². The summed E-state index contributed by atoms with van der Waals surface area (Å²) in [5.74, 6) is 0.0672. The van der Waals surface area contributed by atoms with Gasteiger partial charge >= 0.3 is 0 Å². The monoisotopic (exact) mass is 289 g/mol. The quantitative estimate of drug-likeness (QED) is 0.806. The van der Waals surface area contributed by atoms with E-state index in [1.807, 2.05) is 17.0 Å². The van der Waals surface area contributed by atoms with Gasteiger partial charge in [-0.3, -0.25) is 9.78 Å². The van der Waals surface area contributed by atoms with Gasteiger partial charge in [-0.15, -0.1) is 0 Å². The summed E-state index contributed by atoms with van der Waals surface area (Å²) in [6.07, 6.45) is 7.53. The molecule has 0 saturated carbocycles. The predicted octanol–water partition coefficient (Wildman–Crippen LogP) is 3.33. The Balaban J connectivity index is 2.13. The summed E-state index contributed by atoms with van der Waals surface area (Å²) in [6.45, 7) is 8.00. The van der Waals surface area contributed by atoms with Crippen LogP contribution in [0.25, 0.3) is 0 Å². The molecule has 0 atom stereocenters. The first kappa shape index (κ1) is 15.8. The number of carbonyl (C=O) groups is 1. The van der Waals surface area contributed by atoms with E-state index in [9.17, 15) is 4.79 Å². The molecule has 1 aromatic heterocycles. The average molecular weight is 289 g/mol. The van der Waals surface area contributed by atoms with Crippen molar-refractivity contribution in [2.24, 2.45) is 0 Å². The molecule has 0 N–H and O–H groups in total. The van der Waals surface area contributed by atoms with Crippen LogP contribution in [-0.4, -0.2) is 42.0 Å². The number of amides is 1. The first-order valence-electron chi connectivity index (χ1n) is 8.26. The smallest absolute Gasteiger partial charge is 0.272 e. The first-order valence-corrected chi connectivity index (χ1v) is 8.26. The molecule has 2 rings (SSSR count). The Morgan fingerprint density at radius 3 is 2.48 bits per heavy atom. The minimum atomic E-state index is 0.0672. The zero-order valence-corrected chi connectivity index (χ0v) is 13.3. The molecule has 2 heterocycles. The highest BCUT2D eigenvalue weighted by Crippen LogP contribution is 2.20. The maximum Gasteiger partial charge on any atom is 0.272 e. The molecule has 1 fully saturated rings. The summed E-state index contributed by atoms with van der Waals surface area (Å²) < 4.78 is 0. The van der Waals surface area contributed by atoms with Crippen molar-refractivity contribution >= 4 is 11.6 Å². The second-order valence-corrected chi connectivity index (χ2v) is 5.74. The van der Waals surface area contributed by atoms with E-state index >= 15 is 0 Å². The third-order valence-corrected chi connectivity index (χ3v) is 3.96. The van der Waals surface area contributed by atoms with Gasteiger partial charge in [-0.25, -0.2) is 0 Å². The van der Waals surface area contributed by atoms with E-state index in [4.69, 9.17) is 0 Å². The van der Waals surface area contributed by atoms with Crippen molar-refractivity contribution in [2.45, 2.75) is 46.0 Å². The molecule has 4 nitrogen and oxygen atoms in total. The summed E-state index contributed by atoms with van der Waals surface area (Å²) in [6, 6.07) is 3.98. The molecule has 4 heteroatoms. The number of hydrogen-bond acceptors (Lipinski definition) is 3. The van der Waals surface area contributed by atoms with Crippen molar-refractivity contribution in [3.63, 3.8) is 0 Å². The van der Waals surface area contributed by atoms with Crippen LogP contribution in [0, 0.1) is 0 Å². The SMILES string of the molecule is CCCN(CCC)C(=O)c1cc(N2CCCCC2)ccn1. The van der Waals surface area contributed by atoms with Crippen LogP contribution in [0.5, 0.6) is 0 Å². The fourth-order valence-corrected chi connectivity index (χ4v) is 2.90. The largest absolute Gasteiger partial charge is 0.371 e. The molecule has 0 radical (unpaired) electrons. The molecular weight excluding hydrogens is 262 g/mol. The van der Waals surface area contributed by atoms with Crippen molar-refractivity contribution in [1.29, 1.82) is 0 Å². The van der Waals surface area contributed by atoms with Crippen molar-refractivity contribution < 1.29 is 4.79 Å². The van der Waals surface area contributed by atoms with E-state index < -0.39 is 0 Å². The lowest BCUT2D eigenvalue weighted by Gasteiger charge is -2.29. The molecule has 0 aliphatic carbocycles. The van der Waals surface area contributed by atoms with Crippen molar-refractivity contribution in [1.82, 2.24) is 9.88 Å². The minimum absolute atomic E-state index is 0.0672. The van der Waals surface area contributed by atoms with Crippen LogP contribution >= 0.6 is 0 Å². The Morgan fingerprint density at radius 1 is 1.19 bits per heavy atom. The van der Waals surface area contributed by atoms with Crippen molar-refractivity contribution in [2.75, 3.05) is 31.1 Å². The number of hydrogen-bond donors (Lipinski definition) is 0. The van der Waals surface area contributed by atoms with Crippen LogP contribution < -0.4 is 4.90 Å². The number of anilines is 1. The molecule has 1 aliphatic rings. The number of piperidine rings is 1. The Morgan fingerprint density at radius 2 is 1.86 bits per heavy atom. The lowest BCUT2D eigenvalue weighted by atomic mass is 10.1. The zero-order chi connectivity index (χ0) is 15.1. The van der Waals surface area contributed by atoms with Crippen LogP contribution in [0.2, 0.25) is 0 Å². The van der Waals surface area contributed by atoms with Gasteiger partial charge in [0.15, 0.2) is 0 Å². The van der Waals surface area contributed by atoms with Crippen LogP contribution in [0.3, 0.4) is 0 Å². The summed E-state index contributed by atoms with van der Waals surface area (Å²) in [4.78, 5) is 21.2. The molecule has 1 amide bonds. The van der Waals surface area contributed by atoms with Crippen molar-refractivity contribution in [3.05, 3.63) is 24.0 Å². The summed E-state index contributed by atoms with van der Waals surface area (Å²) in [5, 5.41) is 0. The fraction of sp³-hybridized carbons (Fsp3) is 0.647. The molecule has 0 unspecified atom stereocenters. The number of pyridine rings is 1. The normalized spacial score (nSPS) is 15.0. The van der Waals surface area contributed by atoms with Gasteiger partial charge in [0.2, 0.25) is 0 Å². The molecule has 116 valence electrons. The van der Waals surface area contributed by atoms with Gasteiger partial charge in [-0.1, -0.05) is 13.8 Å². The summed E-state index contributed by atoms with van der Waals surface area (Å²) in [5.41, 5.74) is 1.72. The molecule has 1 aliphatic heterocycles. The highest BCUT2D eigenvalue weighted by Gasteiger charge is 2.18. The van der Waals surface area contributed by atoms with Crippen molar-refractivity contribution in [3.8, 4) is 0 Å². The predicted molar refractivity (Wildman–Crippen MR) is 86.8 cm³/mol. The zero-order valence-electron chi connectivity index (χ0n) is 13.3. The standard InChI is InChI=1S/C17H27N3O/c1-3-10-20(11-4-2)17(21)16-14-15(8-9-18-16)19-12-6-5-7-13-19/h8-9,14H,3-7,10-13H2,1-2H3. The minimum Gasteiger partial charge on any atom is -0.371 e. The topological polar surface area (TPSA) is 36.4 Å². The average Bonchev–Trinajstić information content (AvgIpc) is 2.55. The summed E-state index contributed by atoms with van der Waals surface area (Å²) >= 11 is 0. The first-order chi connectivity index (χ1) is 10.3. The van der Waals surface area contributed by atoms with Gasteiger partial charge in [-0.2, -0.15) is 0 Å². The lowest BCUT2D eigenvalue weighted by molar-refractivity contribution is 0.0749. The van der Waals surface area contributed by atoms with Crippen LogP contribution in [0.1, 0.15) is 56.4 Å². The second kappa shape index (κ2) is 8.01. The van der Waals surface area contributed by atoms with Gasteiger partial charge in [0.05, 0.1) is 0 Å². The molecule has 21 heavy (non-hydrogen) atoms. The van der Waals surface area contributed by atoms with Crippen LogP contribution in [-0.2, 0) is 0 Å². The fourth-order valence-electron chi connectivity index (χ4n) is 2.90. The maximum absolute atomic E-state index is 12.6. The van der Waals surface area contributed by atoms with E-state index in [0.717, 1.165) is 44.7 Å². The highest BCUT2D eigenvalue weighted by molar-refractivity contribution is 5.93. The number of carbonyl (C=O) groups excluding carboxylic acids is 1. The third-order valence-electron chi connectivity index (χ3n) is 3.96. The van der Waals surface area contributed by atoms with E-state index in [0.29, 0.717) is 5.69 Å². The van der Waals surface area contributed by atoms with Crippen LogP contribution in [0.4, 0.5) is 5.69 Å². The van der Waals surface area contributed by atoms with Gasteiger partial charge in [0, 0.05) is 38.1 Å². The number of nitrogens with zero attached hydrogens (tertiary/aromatic N) is 3.